The van der Waals surface area contributed by atoms with Gasteiger partial charge in [0.15, 0.2) is 0 Å². The van der Waals surface area contributed by atoms with E-state index in [1.165, 1.54) is 123 Å². The van der Waals surface area contributed by atoms with E-state index < -0.39 is 0 Å². The van der Waals surface area contributed by atoms with E-state index in [4.69, 9.17) is 0 Å². The molecule has 0 saturated carbocycles. The van der Waals surface area contributed by atoms with E-state index in [0.29, 0.717) is 0 Å². The Balaban J connectivity index is 1.22. The van der Waals surface area contributed by atoms with E-state index in [2.05, 4.69) is 135 Å². The largest absolute Gasteiger partial charge is 0.135 e. The van der Waals surface area contributed by atoms with Crippen LogP contribution in [0.2, 0.25) is 0 Å². The van der Waals surface area contributed by atoms with Crippen molar-refractivity contribution >= 4 is 63.0 Å². The van der Waals surface area contributed by atoms with E-state index in [1.54, 1.807) is 0 Å². The maximum atomic E-state index is 2.52. The molecule has 6 aromatic carbocycles. The summed E-state index contributed by atoms with van der Waals surface area (Å²) in [6.07, 6.45) is 7.35. The lowest BCUT2D eigenvalue weighted by atomic mass is 9.70. The smallest absolute Gasteiger partial charge is 0.0355 e. The van der Waals surface area contributed by atoms with Gasteiger partial charge >= 0.3 is 0 Å². The first-order chi connectivity index (χ1) is 23.2. The Labute approximate surface area is 285 Å². The molecule has 0 aliphatic heterocycles. The predicted octanol–water partition coefficient (Wildman–Crippen LogP) is 14.4. The fourth-order valence-corrected chi connectivity index (χ4v) is 10.5. The molecule has 1 aliphatic rings. The highest BCUT2D eigenvalue weighted by Gasteiger charge is 2.42. The molecule has 0 amide bonds. The molecule has 47 heavy (non-hydrogen) atoms. The summed E-state index contributed by atoms with van der Waals surface area (Å²) in [7, 11) is 0. The van der Waals surface area contributed by atoms with E-state index in [0.717, 1.165) is 0 Å². The summed E-state index contributed by atoms with van der Waals surface area (Å²) in [4.78, 5) is 0. The van der Waals surface area contributed by atoms with Gasteiger partial charge in [-0.25, -0.2) is 0 Å². The number of benzene rings is 6. The van der Waals surface area contributed by atoms with Gasteiger partial charge in [0.1, 0.15) is 0 Å². The van der Waals surface area contributed by atoms with Crippen molar-refractivity contribution in [3.8, 4) is 33.4 Å². The Hall–Kier alpha value is -4.24. The van der Waals surface area contributed by atoms with Crippen LogP contribution in [-0.2, 0) is 5.41 Å². The van der Waals surface area contributed by atoms with Gasteiger partial charge < -0.3 is 0 Å². The van der Waals surface area contributed by atoms with Crippen molar-refractivity contribution in [2.24, 2.45) is 0 Å². The number of rotatable bonds is 8. The number of hydrogen-bond donors (Lipinski definition) is 0. The van der Waals surface area contributed by atoms with Crippen molar-refractivity contribution in [2.75, 3.05) is 0 Å². The third-order valence-electron chi connectivity index (χ3n) is 10.7. The molecule has 230 valence electrons. The minimum atomic E-state index is 0.0782. The SMILES string of the molecule is CCCCC1(CCCC)c2ccc(-c3ccc4sc5ccccc5c4c3)cc2-c2cc(-c3ccc4sc5ccccc5c4c3)ccc21. The maximum Gasteiger partial charge on any atom is 0.0355 e. The van der Waals surface area contributed by atoms with Gasteiger partial charge in [0, 0.05) is 45.8 Å². The topological polar surface area (TPSA) is 0 Å². The molecule has 0 N–H and O–H groups in total. The van der Waals surface area contributed by atoms with E-state index in [9.17, 15) is 0 Å². The van der Waals surface area contributed by atoms with E-state index in [1.807, 2.05) is 22.7 Å². The van der Waals surface area contributed by atoms with Crippen LogP contribution in [0, 0.1) is 0 Å². The molecule has 9 rings (SSSR count). The van der Waals surface area contributed by atoms with Crippen molar-refractivity contribution in [1.29, 1.82) is 0 Å². The van der Waals surface area contributed by atoms with Gasteiger partial charge in [-0.2, -0.15) is 0 Å². The third kappa shape index (κ3) is 4.60. The third-order valence-corrected chi connectivity index (χ3v) is 13.0. The summed E-state index contributed by atoms with van der Waals surface area (Å²) < 4.78 is 5.44. The molecule has 1 aliphatic carbocycles. The second-order valence-electron chi connectivity index (χ2n) is 13.4. The maximum absolute atomic E-state index is 2.52. The van der Waals surface area contributed by atoms with Gasteiger partial charge in [0.05, 0.1) is 0 Å². The second-order valence-corrected chi connectivity index (χ2v) is 15.6. The van der Waals surface area contributed by atoms with Gasteiger partial charge in [-0.1, -0.05) is 112 Å². The zero-order chi connectivity index (χ0) is 31.5. The highest BCUT2D eigenvalue weighted by molar-refractivity contribution is 7.26. The van der Waals surface area contributed by atoms with Crippen molar-refractivity contribution in [2.45, 2.75) is 57.8 Å². The lowest BCUT2D eigenvalue weighted by Gasteiger charge is -2.32. The molecule has 0 bridgehead atoms. The fraction of sp³-hybridized carbons (Fsp3) is 0.200. The lowest BCUT2D eigenvalue weighted by Crippen LogP contribution is -2.25. The average Bonchev–Trinajstić information content (AvgIpc) is 3.77. The highest BCUT2D eigenvalue weighted by atomic mass is 32.1. The zero-order valence-corrected chi connectivity index (χ0v) is 28.7. The molecule has 0 nitrogen and oxygen atoms in total. The van der Waals surface area contributed by atoms with Crippen molar-refractivity contribution in [3.63, 3.8) is 0 Å². The van der Waals surface area contributed by atoms with Crippen molar-refractivity contribution in [3.05, 3.63) is 132 Å². The minimum Gasteiger partial charge on any atom is -0.135 e. The first kappa shape index (κ1) is 28.9. The standard InChI is InChI=1S/C45H38S2/c1-3-5-23-45(24-6-4-2)39-19-15-29(31-17-21-43-37(27-31)33-11-7-9-13-41(33)46-43)25-35(39)36-26-30(16-20-40(36)45)32-18-22-44-38(28-32)34-12-8-10-14-42(34)47-44/h7-22,25-28H,3-6,23-24H2,1-2H3. The Morgan fingerprint density at radius 2 is 0.830 bits per heavy atom. The van der Waals surface area contributed by atoms with Crippen LogP contribution in [0.1, 0.15) is 63.5 Å². The molecule has 2 heteroatoms. The fourth-order valence-electron chi connectivity index (χ4n) is 8.31. The summed E-state index contributed by atoms with van der Waals surface area (Å²) in [6, 6.07) is 46.6. The minimum absolute atomic E-state index is 0.0782. The second kappa shape index (κ2) is 11.5. The predicted molar refractivity (Wildman–Crippen MR) is 208 cm³/mol. The number of thiophene rings is 2. The summed E-state index contributed by atoms with van der Waals surface area (Å²) in [5.41, 5.74) is 11.2. The molecule has 8 aromatic rings. The Morgan fingerprint density at radius 3 is 1.30 bits per heavy atom. The molecule has 2 heterocycles. The van der Waals surface area contributed by atoms with Crippen LogP contribution in [0.15, 0.2) is 121 Å². The Bertz CT molecular complexity index is 2280. The summed E-state index contributed by atoms with van der Waals surface area (Å²) >= 11 is 3.79. The van der Waals surface area contributed by atoms with Gasteiger partial charge in [-0.05, 0) is 106 Å². The highest BCUT2D eigenvalue weighted by Crippen LogP contribution is 2.56. The molecule has 2 aromatic heterocycles. The first-order valence-electron chi connectivity index (χ1n) is 17.3. The van der Waals surface area contributed by atoms with Gasteiger partial charge in [-0.15, -0.1) is 22.7 Å². The summed E-state index contributed by atoms with van der Waals surface area (Å²) in [6.45, 7) is 4.68. The van der Waals surface area contributed by atoms with E-state index in [-0.39, 0.29) is 5.41 Å². The van der Waals surface area contributed by atoms with Gasteiger partial charge in [0.25, 0.3) is 0 Å². The monoisotopic (exact) mass is 642 g/mol. The lowest BCUT2D eigenvalue weighted by molar-refractivity contribution is 0.414. The molecule has 0 atom stereocenters. The molecule has 0 saturated heterocycles. The number of fused-ring (bicyclic) bond motifs is 9. The normalized spacial score (nSPS) is 13.6. The Morgan fingerprint density at radius 1 is 0.426 bits per heavy atom. The first-order valence-corrected chi connectivity index (χ1v) is 18.9. The van der Waals surface area contributed by atoms with Crippen LogP contribution in [0.5, 0.6) is 0 Å². The number of unbranched alkanes of at least 4 members (excludes halogenated alkanes) is 2. The summed E-state index contributed by atoms with van der Waals surface area (Å²) in [5.74, 6) is 0. The molecule has 0 radical (unpaired) electrons. The average molecular weight is 643 g/mol. The van der Waals surface area contributed by atoms with Crippen LogP contribution < -0.4 is 0 Å². The van der Waals surface area contributed by atoms with E-state index >= 15 is 0 Å². The molecular formula is C45H38S2. The van der Waals surface area contributed by atoms with Crippen LogP contribution in [0.3, 0.4) is 0 Å². The Kier molecular flexibility index (Phi) is 7.07. The van der Waals surface area contributed by atoms with Crippen molar-refractivity contribution < 1.29 is 0 Å². The molecule has 0 unspecified atom stereocenters. The quantitative estimate of drug-likeness (QED) is 0.155. The van der Waals surface area contributed by atoms with Crippen LogP contribution in [0.25, 0.3) is 73.7 Å². The van der Waals surface area contributed by atoms with Crippen LogP contribution in [-0.4, -0.2) is 0 Å². The molecular weight excluding hydrogens is 605 g/mol. The van der Waals surface area contributed by atoms with Crippen LogP contribution >= 0.6 is 22.7 Å². The van der Waals surface area contributed by atoms with Crippen molar-refractivity contribution in [1.82, 2.24) is 0 Å². The summed E-state index contributed by atoms with van der Waals surface area (Å²) in [5, 5.41) is 5.45. The van der Waals surface area contributed by atoms with Crippen LogP contribution in [0.4, 0.5) is 0 Å². The van der Waals surface area contributed by atoms with Gasteiger partial charge in [-0.3, -0.25) is 0 Å². The zero-order valence-electron chi connectivity index (χ0n) is 27.1. The van der Waals surface area contributed by atoms with Gasteiger partial charge in [0.2, 0.25) is 0 Å². The number of hydrogen-bond acceptors (Lipinski definition) is 2. The molecule has 0 spiro atoms. The molecule has 0 fully saturated rings.